The fourth-order valence-corrected chi connectivity index (χ4v) is 5.42. The van der Waals surface area contributed by atoms with Crippen LogP contribution in [0.2, 0.25) is 0 Å². The highest BCUT2D eigenvalue weighted by Crippen LogP contribution is 2.37. The van der Waals surface area contributed by atoms with E-state index in [0.29, 0.717) is 21.8 Å². The van der Waals surface area contributed by atoms with Crippen LogP contribution >= 0.6 is 11.3 Å². The van der Waals surface area contributed by atoms with Crippen LogP contribution in [0.25, 0.3) is 0 Å². The van der Waals surface area contributed by atoms with Gasteiger partial charge in [-0.2, -0.15) is 0 Å². The standard InChI is InChI=1S/C21H27N3O5S2/c1-13-15(6-5-7-16(13)25)22-20(27)23-18-14(12-17(30-18)21(2,3)4)19(26)24-8-10-31(28,29)11-9-24/h5-7,12,25H,8-11H2,1-4H3,(H2,22,23,27). The Bertz CT molecular complexity index is 1100. The van der Waals surface area contributed by atoms with Crippen molar-refractivity contribution in [1.29, 1.82) is 0 Å². The first-order valence-electron chi connectivity index (χ1n) is 9.88. The lowest BCUT2D eigenvalue weighted by Gasteiger charge is -2.26. The summed E-state index contributed by atoms with van der Waals surface area (Å²) in [5, 5.41) is 15.7. The smallest absolute Gasteiger partial charge is 0.324 e. The summed E-state index contributed by atoms with van der Waals surface area (Å²) in [5.74, 6) is -0.352. The lowest BCUT2D eigenvalue weighted by atomic mass is 9.94. The molecule has 0 unspecified atom stereocenters. The van der Waals surface area contributed by atoms with Crippen molar-refractivity contribution in [2.24, 2.45) is 0 Å². The monoisotopic (exact) mass is 465 g/mol. The number of aromatic hydroxyl groups is 1. The molecule has 31 heavy (non-hydrogen) atoms. The van der Waals surface area contributed by atoms with Gasteiger partial charge in [0.1, 0.15) is 10.8 Å². The zero-order chi connectivity index (χ0) is 23.0. The Labute approximate surface area is 186 Å². The Balaban J connectivity index is 1.85. The first-order valence-corrected chi connectivity index (χ1v) is 12.5. The van der Waals surface area contributed by atoms with E-state index >= 15 is 0 Å². The molecule has 1 aliphatic rings. The number of benzene rings is 1. The molecule has 3 rings (SSSR count). The molecule has 0 radical (unpaired) electrons. The molecule has 2 heterocycles. The Kier molecular flexibility index (Phi) is 6.33. The Morgan fingerprint density at radius 3 is 2.39 bits per heavy atom. The Morgan fingerprint density at radius 2 is 1.77 bits per heavy atom. The van der Waals surface area contributed by atoms with Gasteiger partial charge in [-0.15, -0.1) is 11.3 Å². The molecule has 1 saturated heterocycles. The topological polar surface area (TPSA) is 116 Å². The molecular formula is C21H27N3O5S2. The maximum atomic E-state index is 13.1. The molecular weight excluding hydrogens is 438 g/mol. The summed E-state index contributed by atoms with van der Waals surface area (Å²) in [7, 11) is -3.11. The van der Waals surface area contributed by atoms with Crippen molar-refractivity contribution in [1.82, 2.24) is 4.90 Å². The molecule has 0 aliphatic carbocycles. The summed E-state index contributed by atoms with van der Waals surface area (Å²) in [4.78, 5) is 28.2. The van der Waals surface area contributed by atoms with Crippen molar-refractivity contribution in [2.45, 2.75) is 33.1 Å². The second-order valence-corrected chi connectivity index (χ2v) is 11.9. The van der Waals surface area contributed by atoms with Crippen LogP contribution in [-0.2, 0) is 15.3 Å². The molecule has 1 aliphatic heterocycles. The lowest BCUT2D eigenvalue weighted by Crippen LogP contribution is -2.43. The molecule has 1 aromatic heterocycles. The number of nitrogens with one attached hydrogen (secondary N) is 2. The summed E-state index contributed by atoms with van der Waals surface area (Å²) >= 11 is 1.32. The van der Waals surface area contributed by atoms with Gasteiger partial charge in [-0.05, 0) is 30.5 Å². The summed E-state index contributed by atoms with van der Waals surface area (Å²) in [6.45, 7) is 8.00. The van der Waals surface area contributed by atoms with Crippen molar-refractivity contribution < 1.29 is 23.1 Å². The van der Waals surface area contributed by atoms with Gasteiger partial charge in [-0.3, -0.25) is 10.1 Å². The third kappa shape index (κ3) is 5.37. The van der Waals surface area contributed by atoms with Crippen molar-refractivity contribution in [3.63, 3.8) is 0 Å². The summed E-state index contributed by atoms with van der Waals surface area (Å²) in [5.41, 5.74) is 1.10. The molecule has 8 nitrogen and oxygen atoms in total. The number of nitrogens with zero attached hydrogens (tertiary/aromatic N) is 1. The zero-order valence-corrected chi connectivity index (χ0v) is 19.6. The van der Waals surface area contributed by atoms with E-state index in [-0.39, 0.29) is 41.7 Å². The highest BCUT2D eigenvalue weighted by molar-refractivity contribution is 7.91. The van der Waals surface area contributed by atoms with Crippen LogP contribution in [0.3, 0.4) is 0 Å². The highest BCUT2D eigenvalue weighted by Gasteiger charge is 2.30. The fraction of sp³-hybridized carbons (Fsp3) is 0.429. The maximum Gasteiger partial charge on any atom is 0.324 e. The minimum Gasteiger partial charge on any atom is -0.508 e. The third-order valence-electron chi connectivity index (χ3n) is 5.11. The van der Waals surface area contributed by atoms with Gasteiger partial charge in [-0.1, -0.05) is 26.8 Å². The van der Waals surface area contributed by atoms with Crippen molar-refractivity contribution in [3.8, 4) is 5.75 Å². The van der Waals surface area contributed by atoms with Crippen LogP contribution in [0, 0.1) is 6.92 Å². The van der Waals surface area contributed by atoms with E-state index in [0.717, 1.165) is 4.88 Å². The predicted molar refractivity (Wildman–Crippen MR) is 123 cm³/mol. The number of sulfone groups is 1. The average molecular weight is 466 g/mol. The number of urea groups is 1. The van der Waals surface area contributed by atoms with Gasteiger partial charge in [-0.25, -0.2) is 13.2 Å². The Hall–Kier alpha value is -2.59. The van der Waals surface area contributed by atoms with Crippen LogP contribution in [-0.4, -0.2) is 55.0 Å². The van der Waals surface area contributed by atoms with Crippen molar-refractivity contribution in [2.75, 3.05) is 35.2 Å². The average Bonchev–Trinajstić information content (AvgIpc) is 3.09. The van der Waals surface area contributed by atoms with Crippen molar-refractivity contribution >= 4 is 43.8 Å². The molecule has 3 N–H and O–H groups in total. The fourth-order valence-electron chi connectivity index (χ4n) is 3.11. The van der Waals surface area contributed by atoms with Crippen LogP contribution in [0.15, 0.2) is 24.3 Å². The van der Waals surface area contributed by atoms with E-state index in [4.69, 9.17) is 0 Å². The van der Waals surface area contributed by atoms with E-state index in [1.165, 1.54) is 22.3 Å². The molecule has 0 bridgehead atoms. The number of thiophene rings is 1. The minimum absolute atomic E-state index is 0.0605. The van der Waals surface area contributed by atoms with Crippen LogP contribution in [0.1, 0.15) is 41.6 Å². The number of phenolic OH excluding ortho intramolecular Hbond substituents is 1. The molecule has 0 saturated carbocycles. The highest BCUT2D eigenvalue weighted by atomic mass is 32.2. The number of hydrogen-bond acceptors (Lipinski definition) is 6. The van der Waals surface area contributed by atoms with E-state index in [1.54, 1.807) is 25.1 Å². The quantitative estimate of drug-likeness (QED) is 0.641. The SMILES string of the molecule is Cc1c(O)cccc1NC(=O)Nc1sc(C(C)(C)C)cc1C(=O)N1CCS(=O)(=O)CC1. The van der Waals surface area contributed by atoms with E-state index < -0.39 is 15.9 Å². The number of amides is 3. The van der Waals surface area contributed by atoms with Gasteiger partial charge >= 0.3 is 6.03 Å². The first kappa shape index (κ1) is 23.1. The van der Waals surface area contributed by atoms with E-state index in [2.05, 4.69) is 10.6 Å². The van der Waals surface area contributed by atoms with Crippen molar-refractivity contribution in [3.05, 3.63) is 40.3 Å². The molecule has 168 valence electrons. The number of carbonyl (C=O) groups is 2. The second-order valence-electron chi connectivity index (χ2n) is 8.58. The van der Waals surface area contributed by atoms with Gasteiger partial charge in [0, 0.05) is 29.2 Å². The lowest BCUT2D eigenvalue weighted by molar-refractivity contribution is 0.0771. The molecule has 0 atom stereocenters. The van der Waals surface area contributed by atoms with E-state index in [9.17, 15) is 23.1 Å². The zero-order valence-electron chi connectivity index (χ0n) is 18.0. The number of anilines is 2. The summed E-state index contributed by atoms with van der Waals surface area (Å²) in [6, 6.07) is 6.06. The van der Waals surface area contributed by atoms with Gasteiger partial charge in [0.15, 0.2) is 9.84 Å². The predicted octanol–water partition coefficient (Wildman–Crippen LogP) is 3.57. The molecule has 2 aromatic rings. The van der Waals surface area contributed by atoms with Crippen LogP contribution in [0.5, 0.6) is 5.75 Å². The van der Waals surface area contributed by atoms with Crippen LogP contribution in [0.4, 0.5) is 15.5 Å². The molecule has 1 fully saturated rings. The second kappa shape index (κ2) is 8.51. The third-order valence-corrected chi connectivity index (χ3v) is 8.20. The Morgan fingerprint density at radius 1 is 1.13 bits per heavy atom. The molecule has 0 spiro atoms. The number of hydrogen-bond donors (Lipinski definition) is 3. The number of phenols is 1. The molecule has 3 amide bonds. The van der Waals surface area contributed by atoms with E-state index in [1.807, 2.05) is 20.8 Å². The molecule has 10 heteroatoms. The van der Waals surface area contributed by atoms with Gasteiger partial charge in [0.25, 0.3) is 5.91 Å². The number of rotatable bonds is 3. The summed E-state index contributed by atoms with van der Waals surface area (Å²) < 4.78 is 23.4. The van der Waals surface area contributed by atoms with Crippen LogP contribution < -0.4 is 10.6 Å². The molecule has 1 aromatic carbocycles. The first-order chi connectivity index (χ1) is 14.4. The van der Waals surface area contributed by atoms with Gasteiger partial charge in [0.05, 0.1) is 17.1 Å². The maximum absolute atomic E-state index is 13.1. The summed E-state index contributed by atoms with van der Waals surface area (Å²) in [6.07, 6.45) is 0. The minimum atomic E-state index is -3.11. The largest absolute Gasteiger partial charge is 0.508 e. The van der Waals surface area contributed by atoms with Gasteiger partial charge in [0.2, 0.25) is 0 Å². The number of carbonyl (C=O) groups excluding carboxylic acids is 2. The van der Waals surface area contributed by atoms with Gasteiger partial charge < -0.3 is 15.3 Å². The normalized spacial score (nSPS) is 16.1.